The molecule has 0 aromatic rings. The highest BCUT2D eigenvalue weighted by Gasteiger charge is 2.27. The molecule has 1 saturated heterocycles. The minimum atomic E-state index is -0.146. The van der Waals surface area contributed by atoms with E-state index in [1.54, 1.807) is 0 Å². The van der Waals surface area contributed by atoms with Crippen molar-refractivity contribution in [1.82, 2.24) is 0 Å². The fourth-order valence-corrected chi connectivity index (χ4v) is 1.57. The van der Waals surface area contributed by atoms with Gasteiger partial charge in [0.15, 0.2) is 5.78 Å². The zero-order valence-electron chi connectivity index (χ0n) is 8.08. The summed E-state index contributed by atoms with van der Waals surface area (Å²) in [5.74, 6) is 2.75. The third-order valence-electron chi connectivity index (χ3n) is 2.34. The molecular formula is C11H16O2. The molecule has 0 N–H and O–H groups in total. The summed E-state index contributed by atoms with van der Waals surface area (Å²) < 4.78 is 5.45. The molecule has 0 saturated carbocycles. The van der Waals surface area contributed by atoms with Crippen molar-refractivity contribution < 1.29 is 9.53 Å². The zero-order chi connectivity index (χ0) is 9.68. The van der Waals surface area contributed by atoms with E-state index in [-0.39, 0.29) is 18.0 Å². The molecule has 2 unspecified atom stereocenters. The average Bonchev–Trinajstić information content (AvgIpc) is 2.52. The largest absolute Gasteiger partial charge is 0.368 e. The third kappa shape index (κ3) is 3.20. The van der Waals surface area contributed by atoms with Gasteiger partial charge in [0, 0.05) is 12.8 Å². The van der Waals surface area contributed by atoms with Gasteiger partial charge in [0.05, 0.1) is 6.10 Å². The Morgan fingerprint density at radius 1 is 1.62 bits per heavy atom. The molecule has 0 radical (unpaired) electrons. The fraction of sp³-hybridized carbons (Fsp3) is 0.727. The van der Waals surface area contributed by atoms with Gasteiger partial charge in [-0.05, 0) is 26.2 Å². The van der Waals surface area contributed by atoms with Crippen molar-refractivity contribution in [3.8, 4) is 12.3 Å². The number of rotatable bonds is 4. The Morgan fingerprint density at radius 3 is 2.92 bits per heavy atom. The summed E-state index contributed by atoms with van der Waals surface area (Å²) in [4.78, 5) is 11.5. The van der Waals surface area contributed by atoms with Gasteiger partial charge in [-0.3, -0.25) is 4.79 Å². The van der Waals surface area contributed by atoms with Crippen LogP contribution in [0.15, 0.2) is 0 Å². The van der Waals surface area contributed by atoms with Gasteiger partial charge in [-0.2, -0.15) is 0 Å². The maximum atomic E-state index is 11.5. The molecule has 0 amide bonds. The van der Waals surface area contributed by atoms with E-state index < -0.39 is 0 Å². The first kappa shape index (κ1) is 10.3. The quantitative estimate of drug-likeness (QED) is 0.488. The summed E-state index contributed by atoms with van der Waals surface area (Å²) in [5.41, 5.74) is 0. The smallest absolute Gasteiger partial charge is 0.161 e. The maximum absolute atomic E-state index is 11.5. The van der Waals surface area contributed by atoms with Gasteiger partial charge in [0.2, 0.25) is 0 Å². The van der Waals surface area contributed by atoms with Gasteiger partial charge in [-0.1, -0.05) is 0 Å². The minimum absolute atomic E-state index is 0.146. The molecule has 2 atom stereocenters. The first-order valence-electron chi connectivity index (χ1n) is 4.85. The van der Waals surface area contributed by atoms with Gasteiger partial charge < -0.3 is 4.74 Å². The number of Topliss-reactive ketones (excluding diaryl/α,β-unsaturated/α-hetero) is 1. The predicted molar refractivity (Wildman–Crippen MR) is 51.3 cm³/mol. The molecule has 0 aromatic carbocycles. The summed E-state index contributed by atoms with van der Waals surface area (Å²) in [6, 6.07) is 0. The molecule has 0 spiro atoms. The molecule has 0 aromatic heterocycles. The average molecular weight is 180 g/mol. The third-order valence-corrected chi connectivity index (χ3v) is 2.34. The highest BCUT2D eigenvalue weighted by Crippen LogP contribution is 2.21. The Labute approximate surface area is 79.7 Å². The topological polar surface area (TPSA) is 26.3 Å². The molecule has 13 heavy (non-hydrogen) atoms. The fourth-order valence-electron chi connectivity index (χ4n) is 1.57. The Kier molecular flexibility index (Phi) is 3.98. The van der Waals surface area contributed by atoms with Crippen molar-refractivity contribution in [2.75, 3.05) is 0 Å². The van der Waals surface area contributed by atoms with Crippen LogP contribution in [0.5, 0.6) is 0 Å². The molecule has 1 aliphatic heterocycles. The first-order valence-corrected chi connectivity index (χ1v) is 4.85. The molecule has 0 aliphatic carbocycles. The van der Waals surface area contributed by atoms with Crippen LogP contribution in [0.4, 0.5) is 0 Å². The van der Waals surface area contributed by atoms with Crippen molar-refractivity contribution in [1.29, 1.82) is 0 Å². The van der Waals surface area contributed by atoms with Crippen LogP contribution in [0.1, 0.15) is 39.0 Å². The lowest BCUT2D eigenvalue weighted by Gasteiger charge is -2.08. The first-order chi connectivity index (χ1) is 6.24. The molecule has 2 heteroatoms. The van der Waals surface area contributed by atoms with Crippen LogP contribution in [0.2, 0.25) is 0 Å². The second kappa shape index (κ2) is 5.04. The molecule has 1 fully saturated rings. The highest BCUT2D eigenvalue weighted by atomic mass is 16.5. The highest BCUT2D eigenvalue weighted by molar-refractivity contribution is 5.83. The Morgan fingerprint density at radius 2 is 2.38 bits per heavy atom. The standard InChI is InChI=1S/C11H16O2/c1-3-4-5-6-10(12)11-8-7-9(2)13-11/h1,9,11H,4-8H2,2H3. The number of carbonyl (C=O) groups excluding carboxylic acids is 1. The van der Waals surface area contributed by atoms with Crippen LogP contribution < -0.4 is 0 Å². The van der Waals surface area contributed by atoms with E-state index in [1.165, 1.54) is 0 Å². The number of ether oxygens (including phenoxy) is 1. The number of carbonyl (C=O) groups is 1. The van der Waals surface area contributed by atoms with Crippen LogP contribution in [0.25, 0.3) is 0 Å². The van der Waals surface area contributed by atoms with Crippen LogP contribution in [-0.4, -0.2) is 18.0 Å². The lowest BCUT2D eigenvalue weighted by Crippen LogP contribution is -2.20. The summed E-state index contributed by atoms with van der Waals surface area (Å²) in [7, 11) is 0. The van der Waals surface area contributed by atoms with E-state index in [0.29, 0.717) is 12.8 Å². The number of unbranched alkanes of at least 4 members (excludes halogenated alkanes) is 1. The van der Waals surface area contributed by atoms with E-state index >= 15 is 0 Å². The van der Waals surface area contributed by atoms with Crippen molar-refractivity contribution in [2.24, 2.45) is 0 Å². The summed E-state index contributed by atoms with van der Waals surface area (Å²) in [6.45, 7) is 2.01. The predicted octanol–water partition coefficient (Wildman–Crippen LogP) is 1.93. The van der Waals surface area contributed by atoms with E-state index in [9.17, 15) is 4.79 Å². The lowest BCUT2D eigenvalue weighted by atomic mass is 10.1. The summed E-state index contributed by atoms with van der Waals surface area (Å²) in [6.07, 6.45) is 9.15. The molecule has 0 bridgehead atoms. The van der Waals surface area contributed by atoms with E-state index in [1.807, 2.05) is 6.92 Å². The Hall–Kier alpha value is -0.810. The SMILES string of the molecule is C#CCCCC(=O)C1CCC(C)O1. The molecule has 1 heterocycles. The van der Waals surface area contributed by atoms with Gasteiger partial charge in [0.1, 0.15) is 6.10 Å². The molecule has 72 valence electrons. The molecule has 2 nitrogen and oxygen atoms in total. The van der Waals surface area contributed by atoms with Crippen LogP contribution in [-0.2, 0) is 9.53 Å². The number of ketones is 1. The maximum Gasteiger partial charge on any atom is 0.161 e. The second-order valence-electron chi connectivity index (χ2n) is 3.54. The summed E-state index contributed by atoms with van der Waals surface area (Å²) in [5, 5.41) is 0. The van der Waals surface area contributed by atoms with Gasteiger partial charge in [-0.25, -0.2) is 0 Å². The number of hydrogen-bond acceptors (Lipinski definition) is 2. The van der Waals surface area contributed by atoms with Crippen molar-refractivity contribution in [2.45, 2.75) is 51.2 Å². The molecule has 1 rings (SSSR count). The second-order valence-corrected chi connectivity index (χ2v) is 3.54. The van der Waals surface area contributed by atoms with E-state index in [2.05, 4.69) is 5.92 Å². The number of hydrogen-bond donors (Lipinski definition) is 0. The van der Waals surface area contributed by atoms with Crippen LogP contribution >= 0.6 is 0 Å². The van der Waals surface area contributed by atoms with Crippen LogP contribution in [0.3, 0.4) is 0 Å². The van der Waals surface area contributed by atoms with Gasteiger partial charge >= 0.3 is 0 Å². The van der Waals surface area contributed by atoms with Crippen LogP contribution in [0, 0.1) is 12.3 Å². The monoisotopic (exact) mass is 180 g/mol. The van der Waals surface area contributed by atoms with E-state index in [0.717, 1.165) is 19.3 Å². The summed E-state index contributed by atoms with van der Waals surface area (Å²) >= 11 is 0. The Balaban J connectivity index is 2.21. The number of terminal acetylenes is 1. The van der Waals surface area contributed by atoms with E-state index in [4.69, 9.17) is 11.2 Å². The zero-order valence-corrected chi connectivity index (χ0v) is 8.08. The van der Waals surface area contributed by atoms with Crippen molar-refractivity contribution >= 4 is 5.78 Å². The van der Waals surface area contributed by atoms with Gasteiger partial charge in [0.25, 0.3) is 0 Å². The van der Waals surface area contributed by atoms with Gasteiger partial charge in [-0.15, -0.1) is 12.3 Å². The van der Waals surface area contributed by atoms with Crippen molar-refractivity contribution in [3.05, 3.63) is 0 Å². The minimum Gasteiger partial charge on any atom is -0.368 e. The van der Waals surface area contributed by atoms with Crippen molar-refractivity contribution in [3.63, 3.8) is 0 Å². The normalized spacial score (nSPS) is 27.1. The molecule has 1 aliphatic rings. The Bertz CT molecular complexity index is 215. The lowest BCUT2D eigenvalue weighted by molar-refractivity contribution is -0.129. The molecular weight excluding hydrogens is 164 g/mol.